The summed E-state index contributed by atoms with van der Waals surface area (Å²) in [7, 11) is 2.11. The van der Waals surface area contributed by atoms with E-state index in [1.165, 1.54) is 30.4 Å². The Morgan fingerprint density at radius 3 is 2.61 bits per heavy atom. The molecule has 4 heteroatoms. The van der Waals surface area contributed by atoms with Gasteiger partial charge in [-0.3, -0.25) is 0 Å². The summed E-state index contributed by atoms with van der Waals surface area (Å²) in [5, 5.41) is 4.92. The Morgan fingerprint density at radius 2 is 1.90 bits per heavy atom. The summed E-state index contributed by atoms with van der Waals surface area (Å²) in [6.45, 7) is 11.6. The third-order valence-corrected chi connectivity index (χ3v) is 6.11. The molecule has 0 amide bonds. The maximum atomic E-state index is 13.9. The van der Waals surface area contributed by atoms with Gasteiger partial charge in [0.05, 0.1) is 11.7 Å². The van der Waals surface area contributed by atoms with Crippen LogP contribution >= 0.6 is 0 Å². The molecule has 1 atom stereocenters. The van der Waals surface area contributed by atoms with Crippen LogP contribution in [0.2, 0.25) is 0 Å². The lowest BCUT2D eigenvalue weighted by Crippen LogP contribution is -2.45. The van der Waals surface area contributed by atoms with Crippen molar-refractivity contribution in [2.24, 2.45) is 0 Å². The summed E-state index contributed by atoms with van der Waals surface area (Å²) >= 11 is 0. The standard InChI is InChI=1S/C27H38FN3/c1-6-8-9-18-30(16-7-2)31-20-24(13-12-22(31)4)25-11-10-17-29(5)27(25)23-14-15-26(28)21(3)19-23/h10-15,19-20,22H,6-9,16-18H2,1-5H3. The second-order valence-electron chi connectivity index (χ2n) is 8.73. The molecule has 1 aromatic carbocycles. The molecular formula is C27H38FN3. The van der Waals surface area contributed by atoms with Gasteiger partial charge in [0.25, 0.3) is 0 Å². The molecule has 1 aromatic rings. The van der Waals surface area contributed by atoms with Crippen molar-refractivity contribution >= 4 is 5.70 Å². The molecule has 2 aliphatic heterocycles. The van der Waals surface area contributed by atoms with Crippen LogP contribution in [0.15, 0.2) is 59.8 Å². The molecule has 0 saturated carbocycles. The van der Waals surface area contributed by atoms with Crippen LogP contribution in [-0.2, 0) is 0 Å². The van der Waals surface area contributed by atoms with E-state index in [1.807, 2.05) is 19.1 Å². The summed E-state index contributed by atoms with van der Waals surface area (Å²) in [5.74, 6) is -0.154. The molecule has 0 saturated heterocycles. The van der Waals surface area contributed by atoms with Gasteiger partial charge in [-0.05, 0) is 56.0 Å². The summed E-state index contributed by atoms with van der Waals surface area (Å²) in [6, 6.07) is 5.77. The number of halogens is 1. The highest BCUT2D eigenvalue weighted by atomic mass is 19.1. The number of hydrazine groups is 1. The minimum atomic E-state index is -0.154. The van der Waals surface area contributed by atoms with E-state index in [2.05, 4.69) is 73.2 Å². The lowest BCUT2D eigenvalue weighted by molar-refractivity contribution is 0.000535. The largest absolute Gasteiger partial charge is 0.370 e. The van der Waals surface area contributed by atoms with E-state index in [4.69, 9.17) is 0 Å². The quantitative estimate of drug-likeness (QED) is 0.431. The van der Waals surface area contributed by atoms with E-state index >= 15 is 0 Å². The molecule has 3 nitrogen and oxygen atoms in total. The number of hydrogen-bond donors (Lipinski definition) is 0. The van der Waals surface area contributed by atoms with Crippen molar-refractivity contribution in [1.29, 1.82) is 0 Å². The highest BCUT2D eigenvalue weighted by Crippen LogP contribution is 2.33. The van der Waals surface area contributed by atoms with Gasteiger partial charge in [-0.25, -0.2) is 9.40 Å². The number of likely N-dealkylation sites (N-methyl/N-ethyl adjacent to an activating group) is 1. The summed E-state index contributed by atoms with van der Waals surface area (Å²) < 4.78 is 13.9. The van der Waals surface area contributed by atoms with Crippen molar-refractivity contribution in [3.05, 3.63) is 76.8 Å². The normalized spacial score (nSPS) is 18.9. The molecular weight excluding hydrogens is 385 g/mol. The Bertz CT molecular complexity index is 880. The fraction of sp³-hybridized carbons (Fsp3) is 0.481. The molecule has 2 heterocycles. The summed E-state index contributed by atoms with van der Waals surface area (Å²) in [5.41, 5.74) is 5.30. The van der Waals surface area contributed by atoms with Crippen molar-refractivity contribution in [2.45, 2.75) is 59.4 Å². The Kier molecular flexibility index (Phi) is 8.14. The first kappa shape index (κ1) is 23.3. The predicted molar refractivity (Wildman–Crippen MR) is 130 cm³/mol. The second kappa shape index (κ2) is 10.8. The first-order chi connectivity index (χ1) is 15.0. The third kappa shape index (κ3) is 5.48. The zero-order chi connectivity index (χ0) is 22.4. The molecule has 3 rings (SSSR count). The highest BCUT2D eigenvalue weighted by molar-refractivity contribution is 5.76. The average molecular weight is 424 g/mol. The molecule has 1 unspecified atom stereocenters. The van der Waals surface area contributed by atoms with Gasteiger partial charge in [0.2, 0.25) is 0 Å². The molecule has 0 spiro atoms. The van der Waals surface area contributed by atoms with Crippen LogP contribution in [0.4, 0.5) is 4.39 Å². The van der Waals surface area contributed by atoms with E-state index < -0.39 is 0 Å². The lowest BCUT2D eigenvalue weighted by atomic mass is 9.93. The summed E-state index contributed by atoms with van der Waals surface area (Å²) in [6.07, 6.45) is 16.1. The maximum Gasteiger partial charge on any atom is 0.126 e. The van der Waals surface area contributed by atoms with Crippen LogP contribution in [0.25, 0.3) is 5.70 Å². The van der Waals surface area contributed by atoms with Crippen molar-refractivity contribution in [2.75, 3.05) is 26.7 Å². The van der Waals surface area contributed by atoms with Crippen molar-refractivity contribution in [3.8, 4) is 0 Å². The van der Waals surface area contributed by atoms with Crippen LogP contribution in [0.5, 0.6) is 0 Å². The molecule has 2 aliphatic rings. The molecule has 0 bridgehead atoms. The number of aryl methyl sites for hydroxylation is 1. The molecule has 0 fully saturated rings. The van der Waals surface area contributed by atoms with Crippen LogP contribution in [0.1, 0.15) is 57.6 Å². The van der Waals surface area contributed by atoms with E-state index in [1.54, 1.807) is 6.07 Å². The van der Waals surface area contributed by atoms with Gasteiger partial charge in [-0.1, -0.05) is 51.0 Å². The fourth-order valence-corrected chi connectivity index (χ4v) is 4.38. The van der Waals surface area contributed by atoms with Crippen molar-refractivity contribution in [1.82, 2.24) is 14.9 Å². The number of hydrogen-bond acceptors (Lipinski definition) is 3. The SMILES string of the molecule is CCCCCN(CCC)N1C=C(C2=C(c3ccc(F)c(C)c3)N(C)CC=C2)C=CC1C. The van der Waals surface area contributed by atoms with Crippen LogP contribution in [0.3, 0.4) is 0 Å². The monoisotopic (exact) mass is 423 g/mol. The van der Waals surface area contributed by atoms with Gasteiger partial charge in [0, 0.05) is 44.0 Å². The third-order valence-electron chi connectivity index (χ3n) is 6.11. The maximum absolute atomic E-state index is 13.9. The molecule has 168 valence electrons. The number of benzene rings is 1. The second-order valence-corrected chi connectivity index (χ2v) is 8.73. The van der Waals surface area contributed by atoms with Gasteiger partial charge in [-0.15, -0.1) is 0 Å². The Morgan fingerprint density at radius 1 is 1.10 bits per heavy atom. The molecule has 0 N–H and O–H groups in total. The molecule has 0 aromatic heterocycles. The average Bonchev–Trinajstić information content (AvgIpc) is 2.76. The first-order valence-electron chi connectivity index (χ1n) is 11.8. The number of nitrogens with zero attached hydrogens (tertiary/aromatic N) is 3. The number of allylic oxidation sites excluding steroid dienone is 4. The Balaban J connectivity index is 2.00. The number of unbranched alkanes of at least 4 members (excludes halogenated alkanes) is 2. The molecule has 0 aliphatic carbocycles. The minimum Gasteiger partial charge on any atom is -0.370 e. The van der Waals surface area contributed by atoms with E-state index in [9.17, 15) is 4.39 Å². The minimum absolute atomic E-state index is 0.154. The van der Waals surface area contributed by atoms with E-state index in [0.29, 0.717) is 11.6 Å². The van der Waals surface area contributed by atoms with Crippen LogP contribution in [0, 0.1) is 12.7 Å². The van der Waals surface area contributed by atoms with Gasteiger partial charge in [0.15, 0.2) is 0 Å². The zero-order valence-corrected chi connectivity index (χ0v) is 19.9. The topological polar surface area (TPSA) is 9.72 Å². The first-order valence-corrected chi connectivity index (χ1v) is 11.8. The number of rotatable bonds is 9. The van der Waals surface area contributed by atoms with E-state index in [0.717, 1.165) is 37.3 Å². The smallest absolute Gasteiger partial charge is 0.126 e. The Labute approximate surface area is 188 Å². The molecule has 0 radical (unpaired) electrons. The van der Waals surface area contributed by atoms with E-state index in [-0.39, 0.29) is 5.82 Å². The van der Waals surface area contributed by atoms with Crippen molar-refractivity contribution in [3.63, 3.8) is 0 Å². The van der Waals surface area contributed by atoms with Gasteiger partial charge in [-0.2, -0.15) is 0 Å². The highest BCUT2D eigenvalue weighted by Gasteiger charge is 2.24. The van der Waals surface area contributed by atoms with Gasteiger partial charge < -0.3 is 9.91 Å². The van der Waals surface area contributed by atoms with Crippen molar-refractivity contribution < 1.29 is 4.39 Å². The van der Waals surface area contributed by atoms with Gasteiger partial charge >= 0.3 is 0 Å². The predicted octanol–water partition coefficient (Wildman–Crippen LogP) is 6.31. The zero-order valence-electron chi connectivity index (χ0n) is 19.9. The molecule has 31 heavy (non-hydrogen) atoms. The Hall–Kier alpha value is -2.33. The summed E-state index contributed by atoms with van der Waals surface area (Å²) in [4.78, 5) is 2.25. The van der Waals surface area contributed by atoms with Crippen LogP contribution in [-0.4, -0.2) is 47.6 Å². The van der Waals surface area contributed by atoms with Gasteiger partial charge in [0.1, 0.15) is 5.82 Å². The van der Waals surface area contributed by atoms with Crippen LogP contribution < -0.4 is 0 Å². The lowest BCUT2D eigenvalue weighted by Gasteiger charge is -2.40. The fourth-order valence-electron chi connectivity index (χ4n) is 4.38.